The van der Waals surface area contributed by atoms with Crippen molar-refractivity contribution in [2.45, 2.75) is 24.8 Å². The highest BCUT2D eigenvalue weighted by Gasteiger charge is 2.46. The van der Waals surface area contributed by atoms with Crippen LogP contribution in [0.25, 0.3) is 0 Å². The van der Waals surface area contributed by atoms with Crippen molar-refractivity contribution in [1.82, 2.24) is 5.32 Å². The summed E-state index contributed by atoms with van der Waals surface area (Å²) in [5.74, 6) is 0.0890. The van der Waals surface area contributed by atoms with E-state index in [0.29, 0.717) is 13.0 Å². The lowest BCUT2D eigenvalue weighted by atomic mass is 9.84. The molecule has 6 heteroatoms. The zero-order chi connectivity index (χ0) is 14.0. The molecule has 4 nitrogen and oxygen atoms in total. The van der Waals surface area contributed by atoms with Crippen molar-refractivity contribution in [1.29, 1.82) is 0 Å². The van der Waals surface area contributed by atoms with E-state index in [2.05, 4.69) is 10.6 Å². The highest BCUT2D eigenvalue weighted by molar-refractivity contribution is 6.08. The number of halogens is 2. The number of alkyl halides is 1. The van der Waals surface area contributed by atoms with Crippen LogP contribution >= 0.6 is 12.4 Å². The summed E-state index contributed by atoms with van der Waals surface area (Å²) in [6.07, 6.45) is 1.92. The minimum Gasteiger partial charge on any atom is -0.369 e. The average Bonchev–Trinajstić information content (AvgIpc) is 2.49. The van der Waals surface area contributed by atoms with Gasteiger partial charge in [0.05, 0.1) is 18.0 Å². The van der Waals surface area contributed by atoms with Crippen LogP contribution in [0.2, 0.25) is 0 Å². The van der Waals surface area contributed by atoms with Gasteiger partial charge in [-0.2, -0.15) is 0 Å². The molecule has 2 aliphatic rings. The monoisotopic (exact) mass is 313 g/mol. The van der Waals surface area contributed by atoms with Gasteiger partial charge in [0.1, 0.15) is 5.54 Å². The lowest BCUT2D eigenvalue weighted by molar-refractivity contribution is -0.124. The summed E-state index contributed by atoms with van der Waals surface area (Å²) in [5, 5.41) is 6.73. The summed E-state index contributed by atoms with van der Waals surface area (Å²) < 4.78 is 12.5. The Hall–Kier alpha value is -1.33. The van der Waals surface area contributed by atoms with Crippen molar-refractivity contribution in [2.75, 3.05) is 36.5 Å². The molecule has 0 saturated carbocycles. The molecule has 0 radical (unpaired) electrons. The van der Waals surface area contributed by atoms with Gasteiger partial charge in [-0.25, -0.2) is 0 Å². The van der Waals surface area contributed by atoms with Crippen molar-refractivity contribution in [3.63, 3.8) is 0 Å². The number of amides is 1. The van der Waals surface area contributed by atoms with E-state index in [1.807, 2.05) is 24.3 Å². The Morgan fingerprint density at radius 1 is 1.24 bits per heavy atom. The van der Waals surface area contributed by atoms with E-state index in [9.17, 15) is 9.18 Å². The Kier molecular flexibility index (Phi) is 5.06. The summed E-state index contributed by atoms with van der Waals surface area (Å²) >= 11 is 0. The van der Waals surface area contributed by atoms with Gasteiger partial charge in [-0.3, -0.25) is 9.18 Å². The zero-order valence-corrected chi connectivity index (χ0v) is 12.7. The first-order valence-corrected chi connectivity index (χ1v) is 7.23. The van der Waals surface area contributed by atoms with Crippen LogP contribution in [-0.4, -0.2) is 37.8 Å². The highest BCUT2D eigenvalue weighted by atomic mass is 35.5. The van der Waals surface area contributed by atoms with Gasteiger partial charge in [-0.05, 0) is 44.5 Å². The Morgan fingerprint density at radius 2 is 1.95 bits per heavy atom. The van der Waals surface area contributed by atoms with Crippen LogP contribution in [0.15, 0.2) is 24.3 Å². The Bertz CT molecular complexity index is 505. The van der Waals surface area contributed by atoms with Gasteiger partial charge in [0.15, 0.2) is 0 Å². The standard InChI is InChI=1S/C15H20FN3O.ClH/c16-8-3-11-19-13-5-2-1-4-12(13)18-15(14(19)20)6-9-17-10-7-15;/h1-2,4-5,17-18H,3,6-11H2;1H. The second-order valence-electron chi connectivity index (χ2n) is 5.47. The second-order valence-corrected chi connectivity index (χ2v) is 5.47. The molecule has 1 aromatic carbocycles. The highest BCUT2D eigenvalue weighted by Crippen LogP contribution is 2.38. The Morgan fingerprint density at radius 3 is 2.67 bits per heavy atom. The minimum atomic E-state index is -0.518. The number of anilines is 2. The van der Waals surface area contributed by atoms with Crippen LogP contribution in [0.4, 0.5) is 15.8 Å². The number of benzene rings is 1. The summed E-state index contributed by atoms with van der Waals surface area (Å²) in [5.41, 5.74) is 1.33. The van der Waals surface area contributed by atoms with Gasteiger partial charge in [0.2, 0.25) is 0 Å². The third-order valence-electron chi connectivity index (χ3n) is 4.20. The van der Waals surface area contributed by atoms with Gasteiger partial charge in [0.25, 0.3) is 5.91 Å². The fraction of sp³-hybridized carbons (Fsp3) is 0.533. The number of para-hydroxylation sites is 2. The average molecular weight is 314 g/mol. The van der Waals surface area contributed by atoms with Gasteiger partial charge in [-0.15, -0.1) is 12.4 Å². The Balaban J connectivity index is 0.00000161. The number of nitrogens with one attached hydrogen (secondary N) is 2. The molecule has 2 heterocycles. The maximum Gasteiger partial charge on any atom is 0.252 e. The number of piperidine rings is 1. The van der Waals surface area contributed by atoms with Crippen LogP contribution in [0.1, 0.15) is 19.3 Å². The third-order valence-corrected chi connectivity index (χ3v) is 4.20. The molecule has 116 valence electrons. The molecule has 0 unspecified atom stereocenters. The van der Waals surface area contributed by atoms with E-state index < -0.39 is 12.2 Å². The van der Waals surface area contributed by atoms with Crippen molar-refractivity contribution < 1.29 is 9.18 Å². The molecule has 1 aromatic rings. The maximum absolute atomic E-state index is 12.9. The number of hydrogen-bond acceptors (Lipinski definition) is 3. The third kappa shape index (κ3) is 2.85. The van der Waals surface area contributed by atoms with Crippen LogP contribution in [0.3, 0.4) is 0 Å². The van der Waals surface area contributed by atoms with E-state index in [4.69, 9.17) is 0 Å². The molecular weight excluding hydrogens is 293 g/mol. The largest absolute Gasteiger partial charge is 0.369 e. The predicted molar refractivity (Wildman–Crippen MR) is 85.1 cm³/mol. The normalized spacial score (nSPS) is 19.7. The summed E-state index contributed by atoms with van der Waals surface area (Å²) in [7, 11) is 0. The molecule has 3 rings (SSSR count). The molecule has 1 fully saturated rings. The molecule has 2 aliphatic heterocycles. The fourth-order valence-corrected chi connectivity index (χ4v) is 3.13. The molecule has 0 aromatic heterocycles. The van der Waals surface area contributed by atoms with Crippen molar-refractivity contribution >= 4 is 29.7 Å². The molecule has 1 saturated heterocycles. The number of nitrogens with zero attached hydrogens (tertiary/aromatic N) is 1. The molecule has 0 atom stereocenters. The van der Waals surface area contributed by atoms with E-state index in [-0.39, 0.29) is 18.3 Å². The van der Waals surface area contributed by atoms with Crippen molar-refractivity contribution in [3.8, 4) is 0 Å². The maximum atomic E-state index is 12.9. The van der Waals surface area contributed by atoms with Crippen molar-refractivity contribution in [2.24, 2.45) is 0 Å². The smallest absolute Gasteiger partial charge is 0.252 e. The van der Waals surface area contributed by atoms with E-state index in [1.165, 1.54) is 0 Å². The quantitative estimate of drug-likeness (QED) is 0.900. The number of rotatable bonds is 3. The van der Waals surface area contributed by atoms with Crippen LogP contribution in [0.5, 0.6) is 0 Å². The first kappa shape index (κ1) is 16.0. The zero-order valence-electron chi connectivity index (χ0n) is 11.9. The lowest BCUT2D eigenvalue weighted by Gasteiger charge is -2.46. The molecule has 21 heavy (non-hydrogen) atoms. The topological polar surface area (TPSA) is 44.4 Å². The molecule has 1 amide bonds. The fourth-order valence-electron chi connectivity index (χ4n) is 3.13. The van der Waals surface area contributed by atoms with Crippen molar-refractivity contribution in [3.05, 3.63) is 24.3 Å². The van der Waals surface area contributed by atoms with Gasteiger partial charge in [0, 0.05) is 6.54 Å². The van der Waals surface area contributed by atoms with Gasteiger partial charge < -0.3 is 15.5 Å². The summed E-state index contributed by atoms with van der Waals surface area (Å²) in [6, 6.07) is 7.79. The van der Waals surface area contributed by atoms with Gasteiger partial charge in [-0.1, -0.05) is 12.1 Å². The van der Waals surface area contributed by atoms with E-state index >= 15 is 0 Å². The number of hydrogen-bond donors (Lipinski definition) is 2. The summed E-state index contributed by atoms with van der Waals surface area (Å²) in [4.78, 5) is 14.6. The first-order valence-electron chi connectivity index (χ1n) is 7.23. The first-order chi connectivity index (χ1) is 9.77. The molecule has 1 spiro atoms. The van der Waals surface area contributed by atoms with E-state index in [0.717, 1.165) is 37.3 Å². The Labute approximate surface area is 130 Å². The molecule has 0 bridgehead atoms. The predicted octanol–water partition coefficient (Wildman–Crippen LogP) is 2.35. The lowest BCUT2D eigenvalue weighted by Crippen LogP contribution is -2.61. The number of fused-ring (bicyclic) bond motifs is 1. The minimum absolute atomic E-state index is 0. The van der Waals surface area contributed by atoms with Crippen LogP contribution in [-0.2, 0) is 4.79 Å². The van der Waals surface area contributed by atoms with Gasteiger partial charge >= 0.3 is 0 Å². The number of carbonyl (C=O) groups excluding carboxylic acids is 1. The SMILES string of the molecule is Cl.O=C1N(CCCF)c2ccccc2NC12CCNCC2. The van der Waals surface area contributed by atoms with E-state index in [1.54, 1.807) is 4.90 Å². The van der Waals surface area contributed by atoms with Crippen LogP contribution < -0.4 is 15.5 Å². The number of carbonyl (C=O) groups is 1. The van der Waals surface area contributed by atoms with Crippen LogP contribution in [0, 0.1) is 0 Å². The molecular formula is C15H21ClFN3O. The second kappa shape index (κ2) is 6.62. The molecule has 0 aliphatic carbocycles. The molecule has 2 N–H and O–H groups in total. The summed E-state index contributed by atoms with van der Waals surface area (Å²) in [6.45, 7) is 1.72.